The van der Waals surface area contributed by atoms with Crippen molar-refractivity contribution in [2.75, 3.05) is 6.54 Å². The SMILES string of the molecule is BOC(=O)C(CCCC)CCC1CCCCN1. The Bertz CT molecular complexity index is 217. The summed E-state index contributed by atoms with van der Waals surface area (Å²) in [4.78, 5) is 11.6. The van der Waals surface area contributed by atoms with Crippen LogP contribution in [0.5, 0.6) is 0 Å². The number of hydrogen-bond donors (Lipinski definition) is 1. The Morgan fingerprint density at radius 3 is 2.88 bits per heavy atom. The monoisotopic (exact) mass is 239 g/mol. The zero-order chi connectivity index (χ0) is 12.5. The van der Waals surface area contributed by atoms with Gasteiger partial charge in [0.2, 0.25) is 0 Å². The molecule has 1 heterocycles. The van der Waals surface area contributed by atoms with Crippen LogP contribution in [0.2, 0.25) is 0 Å². The molecule has 1 aliphatic rings. The molecule has 1 fully saturated rings. The number of nitrogens with one attached hydrogen (secondary N) is 1. The van der Waals surface area contributed by atoms with Gasteiger partial charge in [0, 0.05) is 6.04 Å². The van der Waals surface area contributed by atoms with E-state index in [2.05, 4.69) is 12.2 Å². The summed E-state index contributed by atoms with van der Waals surface area (Å²) in [6.45, 7) is 3.31. The average Bonchev–Trinajstić information content (AvgIpc) is 2.39. The van der Waals surface area contributed by atoms with Gasteiger partial charge in [-0.05, 0) is 38.6 Å². The number of carbonyl (C=O) groups excluding carboxylic acids is 1. The van der Waals surface area contributed by atoms with Gasteiger partial charge in [0.15, 0.2) is 0 Å². The third-order valence-electron chi connectivity index (χ3n) is 3.72. The Hall–Kier alpha value is -0.505. The molecule has 17 heavy (non-hydrogen) atoms. The second-order valence-corrected chi connectivity index (χ2v) is 5.09. The highest BCUT2D eigenvalue weighted by atomic mass is 16.5. The highest BCUT2D eigenvalue weighted by Crippen LogP contribution is 2.20. The smallest absolute Gasteiger partial charge is 0.325 e. The van der Waals surface area contributed by atoms with Crippen molar-refractivity contribution in [2.24, 2.45) is 5.92 Å². The molecule has 1 saturated heterocycles. The maximum atomic E-state index is 11.6. The largest absolute Gasteiger partial charge is 0.543 e. The molecule has 0 radical (unpaired) electrons. The molecule has 2 atom stereocenters. The van der Waals surface area contributed by atoms with E-state index >= 15 is 0 Å². The summed E-state index contributed by atoms with van der Waals surface area (Å²) < 4.78 is 4.89. The summed E-state index contributed by atoms with van der Waals surface area (Å²) in [6, 6.07) is 0.623. The zero-order valence-corrected chi connectivity index (χ0v) is 11.3. The quantitative estimate of drug-likeness (QED) is 0.688. The molecule has 0 aromatic rings. The van der Waals surface area contributed by atoms with Crippen molar-refractivity contribution in [3.8, 4) is 0 Å². The van der Waals surface area contributed by atoms with E-state index in [-0.39, 0.29) is 11.9 Å². The molecule has 0 aliphatic carbocycles. The standard InChI is InChI=1S/C13H26BNO2/c1-2-3-6-11(13(16)17-14)8-9-12-7-4-5-10-15-12/h11-12,15H,2-10,14H2,1H3. The lowest BCUT2D eigenvalue weighted by atomic mass is 9.92. The Balaban J connectivity index is 2.28. The fraction of sp³-hybridized carbons (Fsp3) is 0.923. The van der Waals surface area contributed by atoms with Crippen molar-refractivity contribution in [1.82, 2.24) is 5.32 Å². The van der Waals surface area contributed by atoms with Crippen molar-refractivity contribution in [3.63, 3.8) is 0 Å². The van der Waals surface area contributed by atoms with E-state index in [4.69, 9.17) is 4.65 Å². The molecule has 4 heteroatoms. The first-order valence-electron chi connectivity index (χ1n) is 7.09. The molecule has 0 amide bonds. The average molecular weight is 239 g/mol. The maximum absolute atomic E-state index is 11.6. The van der Waals surface area contributed by atoms with Crippen LogP contribution in [0.3, 0.4) is 0 Å². The predicted octanol–water partition coefficient (Wildman–Crippen LogP) is 1.81. The highest BCUT2D eigenvalue weighted by molar-refractivity contribution is 6.05. The fourth-order valence-electron chi connectivity index (χ4n) is 2.57. The van der Waals surface area contributed by atoms with Crippen LogP contribution in [0.4, 0.5) is 0 Å². The third-order valence-corrected chi connectivity index (χ3v) is 3.72. The number of hydrogen-bond acceptors (Lipinski definition) is 3. The summed E-state index contributed by atoms with van der Waals surface area (Å²) in [5, 5.41) is 3.54. The molecular formula is C13H26BNO2. The summed E-state index contributed by atoms with van der Waals surface area (Å²) >= 11 is 0. The van der Waals surface area contributed by atoms with Crippen LogP contribution in [0.1, 0.15) is 58.3 Å². The van der Waals surface area contributed by atoms with E-state index in [0.29, 0.717) is 6.04 Å². The van der Waals surface area contributed by atoms with E-state index in [1.54, 1.807) is 0 Å². The maximum Gasteiger partial charge on any atom is 0.325 e. The van der Waals surface area contributed by atoms with Crippen LogP contribution in [0, 0.1) is 5.92 Å². The van der Waals surface area contributed by atoms with Gasteiger partial charge in [0.1, 0.15) is 0 Å². The molecule has 1 aliphatic heterocycles. The van der Waals surface area contributed by atoms with Crippen LogP contribution in [0.15, 0.2) is 0 Å². The van der Waals surface area contributed by atoms with E-state index in [1.165, 1.54) is 27.3 Å². The van der Waals surface area contributed by atoms with Crippen LogP contribution in [0.25, 0.3) is 0 Å². The van der Waals surface area contributed by atoms with Crippen molar-refractivity contribution in [1.29, 1.82) is 0 Å². The topological polar surface area (TPSA) is 38.3 Å². The first-order chi connectivity index (χ1) is 8.27. The van der Waals surface area contributed by atoms with Gasteiger partial charge in [-0.1, -0.05) is 26.2 Å². The summed E-state index contributed by atoms with van der Waals surface area (Å²) in [5.74, 6) is 0.0953. The van der Waals surface area contributed by atoms with Crippen LogP contribution >= 0.6 is 0 Å². The molecule has 0 saturated carbocycles. The lowest BCUT2D eigenvalue weighted by molar-refractivity contribution is -0.139. The minimum atomic E-state index is -0.0192. The van der Waals surface area contributed by atoms with Gasteiger partial charge in [-0.25, -0.2) is 0 Å². The van der Waals surface area contributed by atoms with Crippen molar-refractivity contribution < 1.29 is 9.45 Å². The number of carbonyl (C=O) groups is 1. The molecule has 0 aromatic carbocycles. The number of rotatable bonds is 7. The zero-order valence-electron chi connectivity index (χ0n) is 11.3. The number of unbranched alkanes of at least 4 members (excludes halogenated alkanes) is 1. The Labute approximate surface area is 106 Å². The Kier molecular flexibility index (Phi) is 7.33. The van der Waals surface area contributed by atoms with Gasteiger partial charge in [-0.15, -0.1) is 0 Å². The molecule has 98 valence electrons. The van der Waals surface area contributed by atoms with E-state index in [9.17, 15) is 4.79 Å². The van der Waals surface area contributed by atoms with Crippen molar-refractivity contribution in [2.45, 2.75) is 64.3 Å². The molecule has 2 unspecified atom stereocenters. The lowest BCUT2D eigenvalue weighted by Crippen LogP contribution is -2.34. The first-order valence-corrected chi connectivity index (χ1v) is 7.09. The third kappa shape index (κ3) is 5.58. The fourth-order valence-corrected chi connectivity index (χ4v) is 2.57. The molecular weight excluding hydrogens is 213 g/mol. The minimum Gasteiger partial charge on any atom is -0.543 e. The van der Waals surface area contributed by atoms with E-state index in [1.807, 2.05) is 0 Å². The second kappa shape index (κ2) is 8.57. The van der Waals surface area contributed by atoms with Gasteiger partial charge < -0.3 is 9.97 Å². The number of piperidine rings is 1. The van der Waals surface area contributed by atoms with Crippen molar-refractivity contribution in [3.05, 3.63) is 0 Å². The van der Waals surface area contributed by atoms with Crippen molar-refractivity contribution >= 4 is 14.0 Å². The van der Waals surface area contributed by atoms with Gasteiger partial charge in [0.25, 0.3) is 5.97 Å². The van der Waals surface area contributed by atoms with Gasteiger partial charge >= 0.3 is 8.05 Å². The first kappa shape index (κ1) is 14.6. The minimum absolute atomic E-state index is 0.0192. The Morgan fingerprint density at radius 2 is 2.29 bits per heavy atom. The van der Waals surface area contributed by atoms with Crippen LogP contribution in [-0.2, 0) is 9.45 Å². The molecule has 0 aromatic heterocycles. The molecule has 0 spiro atoms. The lowest BCUT2D eigenvalue weighted by Gasteiger charge is -2.25. The van der Waals surface area contributed by atoms with Gasteiger partial charge in [-0.2, -0.15) is 0 Å². The summed E-state index contributed by atoms with van der Waals surface area (Å²) in [7, 11) is 1.50. The van der Waals surface area contributed by atoms with Crippen LogP contribution in [-0.4, -0.2) is 26.6 Å². The second-order valence-electron chi connectivity index (χ2n) is 5.09. The molecule has 3 nitrogen and oxygen atoms in total. The normalized spacial score (nSPS) is 22.1. The molecule has 0 bridgehead atoms. The molecule has 1 N–H and O–H groups in total. The van der Waals surface area contributed by atoms with Gasteiger partial charge in [-0.3, -0.25) is 4.79 Å². The van der Waals surface area contributed by atoms with E-state index in [0.717, 1.165) is 38.6 Å². The van der Waals surface area contributed by atoms with Gasteiger partial charge in [0.05, 0.1) is 5.92 Å². The predicted molar refractivity (Wildman–Crippen MR) is 72.5 cm³/mol. The molecule has 1 rings (SSSR count). The summed E-state index contributed by atoms with van der Waals surface area (Å²) in [6.07, 6.45) is 9.24. The Morgan fingerprint density at radius 1 is 1.47 bits per heavy atom. The summed E-state index contributed by atoms with van der Waals surface area (Å²) in [5.41, 5.74) is 0. The highest BCUT2D eigenvalue weighted by Gasteiger charge is 2.20. The van der Waals surface area contributed by atoms with Crippen LogP contribution < -0.4 is 5.32 Å². The van der Waals surface area contributed by atoms with E-state index < -0.39 is 0 Å².